The molecule has 1 saturated heterocycles. The molecular formula is C12H15BrN2OS. The van der Waals surface area contributed by atoms with Gasteiger partial charge < -0.3 is 15.8 Å². The monoisotopic (exact) mass is 314 g/mol. The summed E-state index contributed by atoms with van der Waals surface area (Å²) in [6.07, 6.45) is 1.28. The average Bonchev–Trinajstić information content (AvgIpc) is 2.67. The molecule has 0 aromatic heterocycles. The van der Waals surface area contributed by atoms with E-state index in [2.05, 4.69) is 28.2 Å². The fourth-order valence-corrected chi connectivity index (χ4v) is 2.53. The number of rotatable bonds is 3. The summed E-state index contributed by atoms with van der Waals surface area (Å²) < 4.78 is 6.49. The highest BCUT2D eigenvalue weighted by Crippen LogP contribution is 2.27. The van der Waals surface area contributed by atoms with E-state index in [1.807, 2.05) is 18.2 Å². The normalized spacial score (nSPS) is 23.6. The maximum atomic E-state index is 5.59. The lowest BCUT2D eigenvalue weighted by Crippen LogP contribution is -2.26. The second-order valence-electron chi connectivity index (χ2n) is 4.17. The Labute approximate surface area is 115 Å². The second-order valence-corrected chi connectivity index (χ2v) is 5.47. The van der Waals surface area contributed by atoms with Crippen LogP contribution in [-0.2, 0) is 4.74 Å². The summed E-state index contributed by atoms with van der Waals surface area (Å²) in [6.45, 7) is 2.91. The Morgan fingerprint density at radius 2 is 2.35 bits per heavy atom. The van der Waals surface area contributed by atoms with Crippen molar-refractivity contribution in [2.45, 2.75) is 25.5 Å². The molecule has 3 nitrogen and oxygen atoms in total. The molecule has 1 fully saturated rings. The molecule has 1 aliphatic heterocycles. The lowest BCUT2D eigenvalue weighted by atomic mass is 10.1. The van der Waals surface area contributed by atoms with E-state index in [4.69, 9.17) is 22.7 Å². The summed E-state index contributed by atoms with van der Waals surface area (Å²) in [5, 5.41) is 3.47. The van der Waals surface area contributed by atoms with Gasteiger partial charge in [0, 0.05) is 22.3 Å². The van der Waals surface area contributed by atoms with Gasteiger partial charge in [0.1, 0.15) is 4.99 Å². The first kappa shape index (κ1) is 12.8. The summed E-state index contributed by atoms with van der Waals surface area (Å²) in [5.74, 6) is 0. The van der Waals surface area contributed by atoms with Crippen molar-refractivity contribution in [2.24, 2.45) is 5.73 Å². The van der Waals surface area contributed by atoms with Gasteiger partial charge in [0.25, 0.3) is 0 Å². The Balaban J connectivity index is 2.14. The van der Waals surface area contributed by atoms with Crippen LogP contribution < -0.4 is 11.1 Å². The van der Waals surface area contributed by atoms with Crippen LogP contribution in [-0.4, -0.2) is 23.7 Å². The number of halogens is 1. The quantitative estimate of drug-likeness (QED) is 0.842. The summed E-state index contributed by atoms with van der Waals surface area (Å²) in [5.41, 5.74) is 7.51. The van der Waals surface area contributed by atoms with E-state index in [1.165, 1.54) is 0 Å². The average molecular weight is 315 g/mol. The van der Waals surface area contributed by atoms with Crippen LogP contribution in [0.25, 0.3) is 0 Å². The van der Waals surface area contributed by atoms with E-state index in [0.717, 1.165) is 28.8 Å². The number of thiocarbonyl (C=S) groups is 1. The van der Waals surface area contributed by atoms with Crippen molar-refractivity contribution in [3.8, 4) is 0 Å². The van der Waals surface area contributed by atoms with Crippen molar-refractivity contribution in [2.75, 3.05) is 11.9 Å². The SMILES string of the molecule is CC1OCCC1Nc1ccc(C(N)=S)cc1Br. The minimum atomic E-state index is 0.247. The van der Waals surface area contributed by atoms with Gasteiger partial charge in [-0.2, -0.15) is 0 Å². The van der Waals surface area contributed by atoms with Gasteiger partial charge in [-0.3, -0.25) is 0 Å². The smallest absolute Gasteiger partial charge is 0.104 e. The molecule has 1 heterocycles. The van der Waals surface area contributed by atoms with Gasteiger partial charge >= 0.3 is 0 Å². The maximum absolute atomic E-state index is 5.59. The zero-order chi connectivity index (χ0) is 12.4. The van der Waals surface area contributed by atoms with Crippen LogP contribution in [0.5, 0.6) is 0 Å². The molecule has 5 heteroatoms. The van der Waals surface area contributed by atoms with Crippen LogP contribution in [0.3, 0.4) is 0 Å². The number of benzene rings is 1. The van der Waals surface area contributed by atoms with Crippen LogP contribution in [0.4, 0.5) is 5.69 Å². The van der Waals surface area contributed by atoms with Crippen molar-refractivity contribution in [3.63, 3.8) is 0 Å². The minimum absolute atomic E-state index is 0.247. The van der Waals surface area contributed by atoms with Gasteiger partial charge in [0.15, 0.2) is 0 Å². The number of hydrogen-bond donors (Lipinski definition) is 2. The van der Waals surface area contributed by atoms with E-state index < -0.39 is 0 Å². The van der Waals surface area contributed by atoms with Crippen LogP contribution >= 0.6 is 28.1 Å². The van der Waals surface area contributed by atoms with E-state index in [-0.39, 0.29) is 6.10 Å². The highest BCUT2D eigenvalue weighted by molar-refractivity contribution is 9.10. The molecule has 2 rings (SSSR count). The van der Waals surface area contributed by atoms with E-state index in [9.17, 15) is 0 Å². The van der Waals surface area contributed by atoms with Gasteiger partial charge in [-0.25, -0.2) is 0 Å². The molecule has 2 atom stereocenters. The standard InChI is InChI=1S/C12H15BrN2OS/c1-7-10(4-5-16-7)15-11-3-2-8(12(14)17)6-9(11)13/h2-3,6-7,10,15H,4-5H2,1H3,(H2,14,17). The molecule has 1 aromatic carbocycles. The topological polar surface area (TPSA) is 47.3 Å². The molecule has 0 saturated carbocycles. The first-order valence-corrected chi connectivity index (χ1v) is 6.75. The van der Waals surface area contributed by atoms with Crippen LogP contribution in [0, 0.1) is 0 Å². The van der Waals surface area contributed by atoms with Crippen LogP contribution in [0.2, 0.25) is 0 Å². The fourth-order valence-electron chi connectivity index (χ4n) is 1.91. The number of nitrogens with one attached hydrogen (secondary N) is 1. The molecule has 0 aliphatic carbocycles. The van der Waals surface area contributed by atoms with E-state index >= 15 is 0 Å². The highest BCUT2D eigenvalue weighted by atomic mass is 79.9. The van der Waals surface area contributed by atoms with Gasteiger partial charge in [-0.1, -0.05) is 12.2 Å². The molecule has 17 heavy (non-hydrogen) atoms. The molecule has 2 unspecified atom stereocenters. The predicted molar refractivity (Wildman–Crippen MR) is 77.5 cm³/mol. The zero-order valence-electron chi connectivity index (χ0n) is 9.57. The molecule has 0 radical (unpaired) electrons. The maximum Gasteiger partial charge on any atom is 0.104 e. The Hall–Kier alpha value is -0.650. The number of anilines is 1. The number of nitrogens with two attached hydrogens (primary N) is 1. The summed E-state index contributed by atoms with van der Waals surface area (Å²) in [7, 11) is 0. The molecular weight excluding hydrogens is 300 g/mol. The van der Waals surface area contributed by atoms with Gasteiger partial charge in [-0.05, 0) is 47.5 Å². The first-order valence-electron chi connectivity index (χ1n) is 5.55. The Kier molecular flexibility index (Phi) is 4.01. The third kappa shape index (κ3) is 2.97. The van der Waals surface area contributed by atoms with E-state index in [0.29, 0.717) is 11.0 Å². The van der Waals surface area contributed by atoms with E-state index in [1.54, 1.807) is 0 Å². The lowest BCUT2D eigenvalue weighted by Gasteiger charge is -2.18. The van der Waals surface area contributed by atoms with Crippen molar-refractivity contribution in [1.29, 1.82) is 0 Å². The summed E-state index contributed by atoms with van der Waals surface area (Å²) in [4.78, 5) is 0.412. The minimum Gasteiger partial charge on any atom is -0.389 e. The highest BCUT2D eigenvalue weighted by Gasteiger charge is 2.24. The van der Waals surface area contributed by atoms with Crippen molar-refractivity contribution >= 4 is 38.8 Å². The van der Waals surface area contributed by atoms with Gasteiger partial charge in [0.2, 0.25) is 0 Å². The molecule has 92 valence electrons. The van der Waals surface area contributed by atoms with Crippen molar-refractivity contribution in [1.82, 2.24) is 0 Å². The van der Waals surface area contributed by atoms with Gasteiger partial charge in [-0.15, -0.1) is 0 Å². The predicted octanol–water partition coefficient (Wildman–Crippen LogP) is 2.67. The largest absolute Gasteiger partial charge is 0.389 e. The van der Waals surface area contributed by atoms with Crippen molar-refractivity contribution in [3.05, 3.63) is 28.2 Å². The van der Waals surface area contributed by atoms with Crippen LogP contribution in [0.1, 0.15) is 18.9 Å². The van der Waals surface area contributed by atoms with Crippen molar-refractivity contribution < 1.29 is 4.74 Å². The Bertz CT molecular complexity index is 439. The molecule has 0 bridgehead atoms. The second kappa shape index (κ2) is 5.33. The summed E-state index contributed by atoms with van der Waals surface area (Å²) >= 11 is 8.47. The molecule has 1 aliphatic rings. The zero-order valence-corrected chi connectivity index (χ0v) is 12.0. The van der Waals surface area contributed by atoms with Crippen LogP contribution in [0.15, 0.2) is 22.7 Å². The Morgan fingerprint density at radius 1 is 1.59 bits per heavy atom. The molecule has 0 amide bonds. The Morgan fingerprint density at radius 3 is 2.88 bits per heavy atom. The molecule has 3 N–H and O–H groups in total. The molecule has 0 spiro atoms. The molecule has 1 aromatic rings. The summed E-state index contributed by atoms with van der Waals surface area (Å²) in [6, 6.07) is 6.21. The number of ether oxygens (including phenoxy) is 1. The first-order chi connectivity index (χ1) is 8.08. The number of hydrogen-bond acceptors (Lipinski definition) is 3. The fraction of sp³-hybridized carbons (Fsp3) is 0.417. The lowest BCUT2D eigenvalue weighted by molar-refractivity contribution is 0.121. The third-order valence-electron chi connectivity index (χ3n) is 2.97. The van der Waals surface area contributed by atoms with Gasteiger partial charge in [0.05, 0.1) is 12.1 Å². The third-order valence-corrected chi connectivity index (χ3v) is 3.86.